The molecule has 2 atom stereocenters. The number of thiazole rings is 1. The fourth-order valence-electron chi connectivity index (χ4n) is 3.65. The molecule has 9 heteroatoms. The molecule has 0 N–H and O–H groups in total. The predicted molar refractivity (Wildman–Crippen MR) is 94.4 cm³/mol. The fraction of sp³-hybridized carbons (Fsp3) is 0.562. The van der Waals surface area contributed by atoms with Crippen LogP contribution in [0.15, 0.2) is 10.9 Å². The minimum atomic E-state index is -0.118. The molecule has 3 aliphatic heterocycles. The molecule has 0 aromatic carbocycles. The minimum Gasteiger partial charge on any atom is -0.335 e. The molecule has 2 aromatic rings. The van der Waals surface area contributed by atoms with E-state index in [4.69, 9.17) is 0 Å². The third kappa shape index (κ3) is 3.06. The van der Waals surface area contributed by atoms with Crippen LogP contribution >= 0.6 is 22.9 Å². The van der Waals surface area contributed by atoms with Crippen molar-refractivity contribution in [2.24, 2.45) is 5.92 Å². The summed E-state index contributed by atoms with van der Waals surface area (Å²) in [4.78, 5) is 34.5. The van der Waals surface area contributed by atoms with E-state index < -0.39 is 0 Å². The third-order valence-corrected chi connectivity index (χ3v) is 6.37. The van der Waals surface area contributed by atoms with Crippen molar-refractivity contribution in [1.29, 1.82) is 0 Å². The van der Waals surface area contributed by atoms with Gasteiger partial charge in [0.15, 0.2) is 0 Å². The Hall–Kier alpha value is -1.87. The van der Waals surface area contributed by atoms with Gasteiger partial charge in [-0.05, 0) is 30.8 Å². The van der Waals surface area contributed by atoms with Crippen LogP contribution in [0.25, 0.3) is 0 Å². The molecule has 132 valence electrons. The van der Waals surface area contributed by atoms with E-state index in [-0.39, 0.29) is 23.8 Å². The largest absolute Gasteiger partial charge is 0.335 e. The van der Waals surface area contributed by atoms with Crippen molar-refractivity contribution in [3.8, 4) is 0 Å². The molecule has 3 saturated heterocycles. The molecule has 2 bridgehead atoms. The van der Waals surface area contributed by atoms with E-state index in [2.05, 4.69) is 14.6 Å². The van der Waals surface area contributed by atoms with Gasteiger partial charge in [-0.25, -0.2) is 4.98 Å². The van der Waals surface area contributed by atoms with E-state index in [0.717, 1.165) is 35.8 Å². The summed E-state index contributed by atoms with van der Waals surface area (Å²) in [5.74, 6) is -0.00274. The van der Waals surface area contributed by atoms with Crippen LogP contribution in [0.3, 0.4) is 0 Å². The van der Waals surface area contributed by atoms with Crippen molar-refractivity contribution in [3.05, 3.63) is 27.2 Å². The quantitative estimate of drug-likeness (QED) is 0.812. The molecule has 0 saturated carbocycles. The Balaban J connectivity index is 1.56. The van der Waals surface area contributed by atoms with Crippen molar-refractivity contribution in [2.75, 3.05) is 13.1 Å². The Labute approximate surface area is 153 Å². The normalized spacial score (nSPS) is 23.2. The molecule has 0 spiro atoms. The van der Waals surface area contributed by atoms with Gasteiger partial charge in [0, 0.05) is 24.5 Å². The predicted octanol–water partition coefficient (Wildman–Crippen LogP) is 1.82. The van der Waals surface area contributed by atoms with Gasteiger partial charge >= 0.3 is 0 Å². The van der Waals surface area contributed by atoms with E-state index >= 15 is 0 Å². The topological polar surface area (TPSA) is 79.3 Å². The van der Waals surface area contributed by atoms with Crippen molar-refractivity contribution in [2.45, 2.75) is 38.8 Å². The van der Waals surface area contributed by atoms with Crippen molar-refractivity contribution < 1.29 is 9.59 Å². The second-order valence-corrected chi connectivity index (χ2v) is 7.96. The van der Waals surface area contributed by atoms with E-state index in [1.165, 1.54) is 11.3 Å². The smallest absolute Gasteiger partial charge is 0.267 e. The molecule has 5 heterocycles. The SMILES string of the molecule is CCc1nnsc1C(=O)N1C[C@@H]2CC[C@H](C1)N(Cc1cscn1)C2=O. The number of hydrogen-bond donors (Lipinski definition) is 0. The van der Waals surface area contributed by atoms with E-state index in [0.29, 0.717) is 30.9 Å². The molecule has 0 unspecified atom stereocenters. The molecule has 3 fully saturated rings. The Morgan fingerprint density at radius 2 is 2.24 bits per heavy atom. The second-order valence-electron chi connectivity index (χ2n) is 6.49. The zero-order valence-electron chi connectivity index (χ0n) is 13.9. The summed E-state index contributed by atoms with van der Waals surface area (Å²) in [6.45, 7) is 3.57. The van der Waals surface area contributed by atoms with Crippen LogP contribution in [0.4, 0.5) is 0 Å². The first-order valence-electron chi connectivity index (χ1n) is 8.45. The number of aromatic nitrogens is 3. The highest BCUT2D eigenvalue weighted by Gasteiger charge is 2.42. The number of rotatable bonds is 4. The van der Waals surface area contributed by atoms with E-state index in [1.807, 2.05) is 22.1 Å². The van der Waals surface area contributed by atoms with Crippen LogP contribution < -0.4 is 0 Å². The molecule has 25 heavy (non-hydrogen) atoms. The number of aryl methyl sites for hydroxylation is 1. The summed E-state index contributed by atoms with van der Waals surface area (Å²) in [5, 5.41) is 6.02. The highest BCUT2D eigenvalue weighted by Crippen LogP contribution is 2.31. The number of nitrogens with zero attached hydrogens (tertiary/aromatic N) is 5. The lowest BCUT2D eigenvalue weighted by molar-refractivity contribution is -0.140. The zero-order valence-corrected chi connectivity index (χ0v) is 15.6. The Kier molecular flexibility index (Phi) is 4.51. The molecule has 5 rings (SSSR count). The lowest BCUT2D eigenvalue weighted by atomic mass is 9.94. The first-order chi connectivity index (χ1) is 12.2. The highest BCUT2D eigenvalue weighted by atomic mass is 32.1. The van der Waals surface area contributed by atoms with Crippen LogP contribution in [0.1, 0.15) is 40.8 Å². The number of carbonyl (C=O) groups excluding carboxylic acids is 2. The number of fused-ring (bicyclic) bond motifs is 4. The zero-order chi connectivity index (χ0) is 17.4. The Morgan fingerprint density at radius 1 is 1.36 bits per heavy atom. The average molecular weight is 377 g/mol. The fourth-order valence-corrected chi connectivity index (χ4v) is 4.92. The van der Waals surface area contributed by atoms with Gasteiger partial charge < -0.3 is 9.80 Å². The molecule has 0 aliphatic carbocycles. The molecule has 2 amide bonds. The van der Waals surface area contributed by atoms with Crippen LogP contribution in [-0.4, -0.2) is 55.3 Å². The molecule has 3 aliphatic rings. The summed E-state index contributed by atoms with van der Waals surface area (Å²) in [7, 11) is 0. The summed E-state index contributed by atoms with van der Waals surface area (Å²) in [6.07, 6.45) is 2.47. The third-order valence-electron chi connectivity index (χ3n) is 4.98. The standard InChI is InChI=1S/C16H19N5O2S2/c1-2-13-14(25-19-18-13)16(23)20-5-10-3-4-12(7-20)21(15(10)22)6-11-8-24-9-17-11/h8-10,12H,2-7H2,1H3/t10-,12+/m0/s1. The summed E-state index contributed by atoms with van der Waals surface area (Å²) < 4.78 is 3.93. The average Bonchev–Trinajstić information content (AvgIpc) is 3.23. The number of carbonyl (C=O) groups is 2. The second kappa shape index (κ2) is 6.80. The van der Waals surface area contributed by atoms with E-state index in [9.17, 15) is 9.59 Å². The van der Waals surface area contributed by atoms with Gasteiger partial charge in [-0.2, -0.15) is 0 Å². The van der Waals surface area contributed by atoms with Crippen molar-refractivity contribution in [1.82, 2.24) is 24.4 Å². The lowest BCUT2D eigenvalue weighted by Crippen LogP contribution is -2.47. The first-order valence-corrected chi connectivity index (χ1v) is 10.2. The lowest BCUT2D eigenvalue weighted by Gasteiger charge is -2.35. The van der Waals surface area contributed by atoms with Gasteiger partial charge in [0.05, 0.1) is 29.4 Å². The molecular formula is C16H19N5O2S2. The van der Waals surface area contributed by atoms with Crippen molar-refractivity contribution in [3.63, 3.8) is 0 Å². The molecule has 7 nitrogen and oxygen atoms in total. The van der Waals surface area contributed by atoms with Gasteiger partial charge in [-0.15, -0.1) is 16.4 Å². The van der Waals surface area contributed by atoms with Gasteiger partial charge in [0.1, 0.15) is 4.88 Å². The van der Waals surface area contributed by atoms with E-state index in [1.54, 1.807) is 5.51 Å². The summed E-state index contributed by atoms with van der Waals surface area (Å²) >= 11 is 2.69. The number of hydrogen-bond acceptors (Lipinski definition) is 7. The van der Waals surface area contributed by atoms with Gasteiger partial charge in [-0.1, -0.05) is 11.4 Å². The van der Waals surface area contributed by atoms with Gasteiger partial charge in [0.25, 0.3) is 5.91 Å². The maximum absolute atomic E-state index is 13.0. The van der Waals surface area contributed by atoms with Crippen LogP contribution in [-0.2, 0) is 17.8 Å². The number of amides is 2. The Morgan fingerprint density at radius 3 is 3.00 bits per heavy atom. The summed E-state index contributed by atoms with van der Waals surface area (Å²) in [6, 6.07) is 0.0582. The highest BCUT2D eigenvalue weighted by molar-refractivity contribution is 7.08. The van der Waals surface area contributed by atoms with Crippen LogP contribution in [0.5, 0.6) is 0 Å². The first kappa shape index (κ1) is 16.6. The minimum absolute atomic E-state index is 0.0351. The monoisotopic (exact) mass is 377 g/mol. The van der Waals surface area contributed by atoms with Gasteiger partial charge in [-0.3, -0.25) is 9.59 Å². The number of piperidine rings is 1. The molecule has 0 radical (unpaired) electrons. The molecular weight excluding hydrogens is 358 g/mol. The van der Waals surface area contributed by atoms with Gasteiger partial charge in [0.2, 0.25) is 5.91 Å². The maximum atomic E-state index is 13.0. The Bertz CT molecular complexity index is 775. The molecule has 2 aromatic heterocycles. The van der Waals surface area contributed by atoms with Crippen LogP contribution in [0, 0.1) is 5.92 Å². The van der Waals surface area contributed by atoms with Crippen molar-refractivity contribution >= 4 is 34.7 Å². The maximum Gasteiger partial charge on any atom is 0.267 e. The van der Waals surface area contributed by atoms with Crippen LogP contribution in [0.2, 0.25) is 0 Å². The summed E-state index contributed by atoms with van der Waals surface area (Å²) in [5.41, 5.74) is 3.45.